The zero-order valence-corrected chi connectivity index (χ0v) is 48.5. The third kappa shape index (κ3) is 12.9. The molecule has 77 heavy (non-hydrogen) atoms. The van der Waals surface area contributed by atoms with Crippen LogP contribution in [-0.4, -0.2) is 120 Å². The molecule has 10 aliphatic rings. The molecule has 3 heterocycles. The summed E-state index contributed by atoms with van der Waals surface area (Å²) in [4.78, 5) is 8.79. The molecule has 9 nitrogen and oxygen atoms in total. The van der Waals surface area contributed by atoms with Crippen LogP contribution in [0.1, 0.15) is 236 Å². The number of nitrogens with zero attached hydrogens (tertiary/aromatic N) is 9. The van der Waals surface area contributed by atoms with E-state index in [0.717, 1.165) is 55.1 Å². The van der Waals surface area contributed by atoms with Crippen molar-refractivity contribution < 1.29 is 0 Å². The van der Waals surface area contributed by atoms with Crippen molar-refractivity contribution in [1.82, 2.24) is 19.8 Å². The lowest BCUT2D eigenvalue weighted by Crippen LogP contribution is -2.52. The Labute approximate surface area is 468 Å². The first kappa shape index (κ1) is 54.2. The van der Waals surface area contributed by atoms with Crippen molar-refractivity contribution in [2.75, 3.05) is 42.6 Å². The molecule has 1 saturated heterocycles. The number of fused-ring (bicyclic) bond motifs is 3. The van der Waals surface area contributed by atoms with Crippen molar-refractivity contribution in [2.24, 2.45) is 39.0 Å². The number of benzene rings is 2. The first-order valence-corrected chi connectivity index (χ1v) is 33.6. The number of hydrogen-bond acceptors (Lipinski definition) is 9. The minimum atomic E-state index is 0.0558. The lowest BCUT2D eigenvalue weighted by Gasteiger charge is -2.48. The highest BCUT2D eigenvalue weighted by Crippen LogP contribution is 2.50. The van der Waals surface area contributed by atoms with E-state index in [2.05, 4.69) is 97.8 Å². The first-order valence-electron chi connectivity index (χ1n) is 33.6. The Morgan fingerprint density at radius 3 is 1.60 bits per heavy atom. The molecule has 8 fully saturated rings. The van der Waals surface area contributed by atoms with E-state index < -0.39 is 0 Å². The number of hydrazone groups is 3. The van der Waals surface area contributed by atoms with Gasteiger partial charge in [-0.1, -0.05) is 115 Å². The molecule has 422 valence electrons. The van der Waals surface area contributed by atoms with Crippen molar-refractivity contribution in [3.05, 3.63) is 59.2 Å². The summed E-state index contributed by atoms with van der Waals surface area (Å²) >= 11 is 0. The van der Waals surface area contributed by atoms with Gasteiger partial charge in [-0.25, -0.2) is 0 Å². The normalized spacial score (nSPS) is 30.7. The van der Waals surface area contributed by atoms with E-state index in [1.807, 2.05) is 0 Å². The molecule has 2 aromatic rings. The van der Waals surface area contributed by atoms with Crippen LogP contribution in [0.5, 0.6) is 0 Å². The van der Waals surface area contributed by atoms with Crippen LogP contribution in [0.2, 0.25) is 0 Å². The van der Waals surface area contributed by atoms with Gasteiger partial charge in [-0.05, 0) is 206 Å². The van der Waals surface area contributed by atoms with Gasteiger partial charge in [0.2, 0.25) is 0 Å². The second-order valence-electron chi connectivity index (χ2n) is 27.1. The Balaban J connectivity index is 0.849. The molecule has 12 rings (SSSR count). The number of likely N-dealkylation sites (tertiary alicyclic amines) is 1. The van der Waals surface area contributed by atoms with E-state index in [4.69, 9.17) is 15.3 Å². The molecule has 7 aliphatic carbocycles. The fourth-order valence-corrected chi connectivity index (χ4v) is 18.5. The number of anilines is 2. The van der Waals surface area contributed by atoms with E-state index in [-0.39, 0.29) is 6.04 Å². The molecule has 0 radical (unpaired) electrons. The first-order chi connectivity index (χ1) is 38.1. The predicted octanol–water partition coefficient (Wildman–Crippen LogP) is 15.0. The van der Waals surface area contributed by atoms with Gasteiger partial charge in [0.25, 0.3) is 0 Å². The maximum atomic E-state index is 5.83. The van der Waals surface area contributed by atoms with Gasteiger partial charge < -0.3 is 4.90 Å². The Morgan fingerprint density at radius 2 is 1.01 bits per heavy atom. The molecule has 9 heteroatoms. The summed E-state index contributed by atoms with van der Waals surface area (Å²) in [6, 6.07) is 21.3. The van der Waals surface area contributed by atoms with Crippen LogP contribution < -0.4 is 9.91 Å². The highest BCUT2D eigenvalue weighted by atomic mass is 15.6. The largest absolute Gasteiger partial charge is 0.371 e. The Morgan fingerprint density at radius 1 is 0.506 bits per heavy atom. The lowest BCUT2D eigenvalue weighted by atomic mass is 9.70. The highest BCUT2D eigenvalue weighted by molar-refractivity contribution is 5.83. The van der Waals surface area contributed by atoms with E-state index in [0.29, 0.717) is 23.9 Å². The number of rotatable bonds is 18. The topological polar surface area (TPSA) is 56.5 Å². The molecular formula is C68H105N9. The molecule has 6 atom stereocenters. The SMILES string of the molecule is CCN1C2CCCCC2C2CC(/C=N\N(CC(CN(/N=C/C3CCC(N(C4CCCCC4)C4CCCCC4)CC3)C3CCCCC3)N(/N=C/c3cc4c5c(c3)CCCN5CCC4)c3ccccc3)C3CCCCC3)CCC21. The third-order valence-corrected chi connectivity index (χ3v) is 22.3. The van der Waals surface area contributed by atoms with Crippen LogP contribution in [-0.2, 0) is 12.8 Å². The van der Waals surface area contributed by atoms with Crippen LogP contribution in [0.4, 0.5) is 11.4 Å². The number of hydrogen-bond donors (Lipinski definition) is 0. The van der Waals surface area contributed by atoms with Crippen LogP contribution >= 0.6 is 0 Å². The van der Waals surface area contributed by atoms with Gasteiger partial charge in [0.1, 0.15) is 0 Å². The summed E-state index contributed by atoms with van der Waals surface area (Å²) in [7, 11) is 0. The zero-order valence-electron chi connectivity index (χ0n) is 48.5. The van der Waals surface area contributed by atoms with Gasteiger partial charge in [-0.2, -0.15) is 15.3 Å². The summed E-state index contributed by atoms with van der Waals surface area (Å²) in [5, 5.41) is 25.1. The van der Waals surface area contributed by atoms with Gasteiger partial charge >= 0.3 is 0 Å². The van der Waals surface area contributed by atoms with Crippen molar-refractivity contribution in [3.8, 4) is 0 Å². The molecule has 0 amide bonds. The molecule has 0 bridgehead atoms. The molecule has 3 aliphatic heterocycles. The predicted molar refractivity (Wildman–Crippen MR) is 324 cm³/mol. The maximum Gasteiger partial charge on any atom is 0.0909 e. The van der Waals surface area contributed by atoms with Crippen molar-refractivity contribution in [1.29, 1.82) is 0 Å². The molecule has 0 aromatic heterocycles. The van der Waals surface area contributed by atoms with Gasteiger partial charge in [0.05, 0.1) is 31.0 Å². The second-order valence-corrected chi connectivity index (χ2v) is 27.1. The van der Waals surface area contributed by atoms with E-state index in [1.54, 1.807) is 5.69 Å². The second kappa shape index (κ2) is 26.4. The van der Waals surface area contributed by atoms with Gasteiger partial charge in [0, 0.05) is 73.5 Å². The molecule has 0 N–H and O–H groups in total. The summed E-state index contributed by atoms with van der Waals surface area (Å²) < 4.78 is 0. The van der Waals surface area contributed by atoms with Gasteiger partial charge in [0.15, 0.2) is 0 Å². The zero-order chi connectivity index (χ0) is 51.8. The minimum absolute atomic E-state index is 0.0558. The Bertz CT molecular complexity index is 2160. The van der Waals surface area contributed by atoms with Crippen LogP contribution in [0.3, 0.4) is 0 Å². The lowest BCUT2D eigenvalue weighted by molar-refractivity contribution is 0.0192. The number of para-hydroxylation sites is 1. The highest BCUT2D eigenvalue weighted by Gasteiger charge is 2.50. The maximum absolute atomic E-state index is 5.83. The van der Waals surface area contributed by atoms with E-state index >= 15 is 0 Å². The summed E-state index contributed by atoms with van der Waals surface area (Å²) in [5.41, 5.74) is 7.05. The average Bonchev–Trinajstić information content (AvgIpc) is 3.88. The summed E-state index contributed by atoms with van der Waals surface area (Å²) in [6.07, 6.45) is 54.4. The van der Waals surface area contributed by atoms with E-state index in [9.17, 15) is 0 Å². The van der Waals surface area contributed by atoms with Crippen molar-refractivity contribution in [3.63, 3.8) is 0 Å². The van der Waals surface area contributed by atoms with Gasteiger partial charge in [-0.3, -0.25) is 24.8 Å². The molecule has 7 saturated carbocycles. The molecular weight excluding hydrogens is 943 g/mol. The van der Waals surface area contributed by atoms with Crippen LogP contribution in [0.25, 0.3) is 0 Å². The standard InChI is InChI=1S/C68H105N9/c1-2-73-66-35-19-18-34-64(66)65-46-53(38-41-67(65)73)48-70-75(58-26-10-4-11-27-58)51-63(77(62-32-16-7-17-33-62)71-49-54-44-55-22-20-42-72-43-21-23-56(45-54)68(55)72)50-74(57-24-8-3-9-25-57)69-47-52-36-39-61(40-37-52)76(59-28-12-5-13-29-59)60-30-14-6-15-31-60/h7,16-17,32-33,44-45,47-49,52-53,57-61,63-67H,2-6,8-15,18-31,34-43,46,50-51H2,1H3/b69-47+,70-48-,71-49+. The molecule has 0 spiro atoms. The third-order valence-electron chi connectivity index (χ3n) is 22.3. The summed E-state index contributed by atoms with van der Waals surface area (Å²) in [5.74, 6) is 2.87. The van der Waals surface area contributed by atoms with Crippen molar-refractivity contribution >= 4 is 30.0 Å². The van der Waals surface area contributed by atoms with E-state index in [1.165, 1.54) is 267 Å². The minimum Gasteiger partial charge on any atom is -0.371 e. The van der Waals surface area contributed by atoms with Crippen LogP contribution in [0.15, 0.2) is 57.8 Å². The molecule has 6 unspecified atom stereocenters. The van der Waals surface area contributed by atoms with Crippen LogP contribution in [0, 0.1) is 23.7 Å². The van der Waals surface area contributed by atoms with Crippen molar-refractivity contribution in [2.45, 2.75) is 280 Å². The number of aryl methyl sites for hydroxylation is 2. The fraction of sp³-hybridized carbons (Fsp3) is 0.779. The molecule has 2 aromatic carbocycles. The monoisotopic (exact) mass is 1050 g/mol. The smallest absolute Gasteiger partial charge is 0.0909 e. The Kier molecular flexibility index (Phi) is 18.6. The fourth-order valence-electron chi connectivity index (χ4n) is 18.5. The summed E-state index contributed by atoms with van der Waals surface area (Å²) in [6.45, 7) is 7.79. The van der Waals surface area contributed by atoms with Gasteiger partial charge in [-0.15, -0.1) is 0 Å². The Hall–Kier alpha value is -3.43. The quantitative estimate of drug-likeness (QED) is 0.110. The average molecular weight is 1050 g/mol.